The number of benzene rings is 1. The molecule has 0 bridgehead atoms. The van der Waals surface area contributed by atoms with Gasteiger partial charge in [-0.25, -0.2) is 4.39 Å². The second-order valence-corrected chi connectivity index (χ2v) is 5.02. The summed E-state index contributed by atoms with van der Waals surface area (Å²) in [4.78, 5) is 4.76. The summed E-state index contributed by atoms with van der Waals surface area (Å²) in [7, 11) is 2.14. The van der Waals surface area contributed by atoms with Crippen molar-refractivity contribution in [3.8, 4) is 5.75 Å². The number of halogens is 1. The molecule has 3 nitrogen and oxygen atoms in total. The summed E-state index contributed by atoms with van der Waals surface area (Å²) in [5.41, 5.74) is 0.712. The van der Waals surface area contributed by atoms with Crippen LogP contribution in [0.15, 0.2) is 18.2 Å². The Kier molecular flexibility index (Phi) is 4.55. The number of piperazine rings is 1. The molecule has 1 aliphatic rings. The van der Waals surface area contributed by atoms with E-state index in [-0.39, 0.29) is 11.6 Å². The second kappa shape index (κ2) is 6.16. The van der Waals surface area contributed by atoms with Crippen molar-refractivity contribution in [1.29, 1.82) is 0 Å². The lowest BCUT2D eigenvalue weighted by atomic mass is 10.1. The minimum absolute atomic E-state index is 0.203. The van der Waals surface area contributed by atoms with Crippen LogP contribution in [0.4, 0.5) is 4.39 Å². The average Bonchev–Trinajstić information content (AvgIpc) is 2.36. The molecule has 1 aromatic carbocycles. The monoisotopic (exact) mass is 252 g/mol. The first kappa shape index (κ1) is 13.3. The first-order chi connectivity index (χ1) is 8.65. The summed E-state index contributed by atoms with van der Waals surface area (Å²) in [5.74, 6) is -0.0721. The summed E-state index contributed by atoms with van der Waals surface area (Å²) in [6.07, 6.45) is 1.69. The van der Waals surface area contributed by atoms with Crippen molar-refractivity contribution in [3.05, 3.63) is 29.6 Å². The summed E-state index contributed by atoms with van der Waals surface area (Å²) in [5, 5.41) is 9.62. The molecule has 0 atom stereocenters. The molecule has 1 N–H and O–H groups in total. The van der Waals surface area contributed by atoms with E-state index >= 15 is 0 Å². The van der Waals surface area contributed by atoms with Gasteiger partial charge >= 0.3 is 0 Å². The lowest BCUT2D eigenvalue weighted by Crippen LogP contribution is -2.44. The first-order valence-corrected chi connectivity index (χ1v) is 6.53. The van der Waals surface area contributed by atoms with Gasteiger partial charge in [0.1, 0.15) is 11.6 Å². The van der Waals surface area contributed by atoms with Gasteiger partial charge in [0.25, 0.3) is 0 Å². The Labute approximate surface area is 108 Å². The van der Waals surface area contributed by atoms with Crippen molar-refractivity contribution in [1.82, 2.24) is 9.80 Å². The zero-order chi connectivity index (χ0) is 13.0. The van der Waals surface area contributed by atoms with Crippen molar-refractivity contribution in [2.45, 2.75) is 12.8 Å². The molecule has 0 unspecified atom stereocenters. The SMILES string of the molecule is CN1CCN(CCCc2cc(F)ccc2O)CC1. The highest BCUT2D eigenvalue weighted by atomic mass is 19.1. The standard InChI is InChI=1S/C14H21FN2O/c1-16-7-9-17(10-8-16)6-2-3-12-11-13(15)4-5-14(12)18/h4-5,11,18H,2-3,6-10H2,1H3. The van der Waals surface area contributed by atoms with E-state index in [1.807, 2.05) is 0 Å². The predicted octanol–water partition coefficient (Wildman–Crippen LogP) is 1.71. The molecule has 1 fully saturated rings. The first-order valence-electron chi connectivity index (χ1n) is 6.53. The molecular weight excluding hydrogens is 231 g/mol. The molecule has 1 aliphatic heterocycles. The number of hydrogen-bond donors (Lipinski definition) is 1. The van der Waals surface area contributed by atoms with Gasteiger partial charge < -0.3 is 14.9 Å². The molecule has 4 heteroatoms. The minimum Gasteiger partial charge on any atom is -0.508 e. The van der Waals surface area contributed by atoms with Gasteiger partial charge in [-0.2, -0.15) is 0 Å². The van der Waals surface area contributed by atoms with Gasteiger partial charge in [-0.05, 0) is 50.2 Å². The third-order valence-electron chi connectivity index (χ3n) is 3.56. The van der Waals surface area contributed by atoms with Crippen LogP contribution in [-0.2, 0) is 6.42 Å². The highest BCUT2D eigenvalue weighted by molar-refractivity contribution is 5.32. The van der Waals surface area contributed by atoms with Crippen molar-refractivity contribution in [2.24, 2.45) is 0 Å². The van der Waals surface area contributed by atoms with E-state index in [0.717, 1.165) is 45.6 Å². The highest BCUT2D eigenvalue weighted by Crippen LogP contribution is 2.19. The van der Waals surface area contributed by atoms with E-state index in [2.05, 4.69) is 16.8 Å². The lowest BCUT2D eigenvalue weighted by Gasteiger charge is -2.32. The topological polar surface area (TPSA) is 26.7 Å². The van der Waals surface area contributed by atoms with Gasteiger partial charge in [-0.1, -0.05) is 0 Å². The number of phenolic OH excluding ortho intramolecular Hbond substituents is 1. The smallest absolute Gasteiger partial charge is 0.123 e. The van der Waals surface area contributed by atoms with Crippen LogP contribution in [0.25, 0.3) is 0 Å². The summed E-state index contributed by atoms with van der Waals surface area (Å²) < 4.78 is 13.0. The molecule has 0 aliphatic carbocycles. The molecule has 0 spiro atoms. The second-order valence-electron chi connectivity index (χ2n) is 5.02. The third-order valence-corrected chi connectivity index (χ3v) is 3.56. The van der Waals surface area contributed by atoms with Crippen LogP contribution < -0.4 is 0 Å². The van der Waals surface area contributed by atoms with Crippen molar-refractivity contribution in [3.63, 3.8) is 0 Å². The summed E-state index contributed by atoms with van der Waals surface area (Å²) in [6.45, 7) is 5.46. The number of rotatable bonds is 4. The van der Waals surface area contributed by atoms with Gasteiger partial charge in [0.2, 0.25) is 0 Å². The predicted molar refractivity (Wildman–Crippen MR) is 70.3 cm³/mol. The van der Waals surface area contributed by atoms with E-state index in [4.69, 9.17) is 0 Å². The molecule has 2 rings (SSSR count). The van der Waals surface area contributed by atoms with Crippen LogP contribution in [0.2, 0.25) is 0 Å². The number of likely N-dealkylation sites (N-methyl/N-ethyl adjacent to an activating group) is 1. The van der Waals surface area contributed by atoms with Crippen LogP contribution in [0, 0.1) is 5.82 Å². The molecular formula is C14H21FN2O. The molecule has 0 radical (unpaired) electrons. The van der Waals surface area contributed by atoms with Crippen LogP contribution >= 0.6 is 0 Å². The fraction of sp³-hybridized carbons (Fsp3) is 0.571. The molecule has 0 amide bonds. The fourth-order valence-electron chi connectivity index (χ4n) is 2.32. The van der Waals surface area contributed by atoms with E-state index in [1.54, 1.807) is 0 Å². The zero-order valence-electron chi connectivity index (χ0n) is 10.9. The van der Waals surface area contributed by atoms with Gasteiger partial charge in [-0.15, -0.1) is 0 Å². The maximum atomic E-state index is 13.0. The normalized spacial score (nSPS) is 18.1. The van der Waals surface area contributed by atoms with E-state index in [0.29, 0.717) is 5.56 Å². The Hall–Kier alpha value is -1.13. The molecule has 1 heterocycles. The summed E-state index contributed by atoms with van der Waals surface area (Å²) in [6, 6.07) is 4.15. The number of aromatic hydroxyl groups is 1. The van der Waals surface area contributed by atoms with Crippen LogP contribution in [-0.4, -0.2) is 54.7 Å². The Morgan fingerprint density at radius 1 is 1.22 bits per heavy atom. The van der Waals surface area contributed by atoms with Gasteiger partial charge in [0, 0.05) is 26.2 Å². The molecule has 18 heavy (non-hydrogen) atoms. The lowest BCUT2D eigenvalue weighted by molar-refractivity contribution is 0.153. The van der Waals surface area contributed by atoms with Crippen molar-refractivity contribution in [2.75, 3.05) is 39.8 Å². The van der Waals surface area contributed by atoms with Crippen LogP contribution in [0.3, 0.4) is 0 Å². The number of phenols is 1. The highest BCUT2D eigenvalue weighted by Gasteiger charge is 2.13. The van der Waals surface area contributed by atoms with Gasteiger partial charge in [0.15, 0.2) is 0 Å². The maximum Gasteiger partial charge on any atom is 0.123 e. The van der Waals surface area contributed by atoms with Crippen LogP contribution in [0.1, 0.15) is 12.0 Å². The molecule has 100 valence electrons. The van der Waals surface area contributed by atoms with Crippen molar-refractivity contribution < 1.29 is 9.50 Å². The molecule has 0 saturated carbocycles. The number of aryl methyl sites for hydroxylation is 1. The molecule has 1 aromatic rings. The molecule has 1 saturated heterocycles. The average molecular weight is 252 g/mol. The van der Waals surface area contributed by atoms with E-state index in [1.165, 1.54) is 18.2 Å². The van der Waals surface area contributed by atoms with Gasteiger partial charge in [-0.3, -0.25) is 0 Å². The third kappa shape index (κ3) is 3.68. The molecule has 0 aromatic heterocycles. The largest absolute Gasteiger partial charge is 0.508 e. The van der Waals surface area contributed by atoms with E-state index in [9.17, 15) is 9.50 Å². The Morgan fingerprint density at radius 2 is 1.94 bits per heavy atom. The Bertz CT molecular complexity index is 389. The maximum absolute atomic E-state index is 13.0. The number of nitrogens with zero attached hydrogens (tertiary/aromatic N) is 2. The van der Waals surface area contributed by atoms with Crippen molar-refractivity contribution >= 4 is 0 Å². The minimum atomic E-state index is -0.276. The Morgan fingerprint density at radius 3 is 2.67 bits per heavy atom. The Balaban J connectivity index is 1.76. The zero-order valence-corrected chi connectivity index (χ0v) is 10.9. The summed E-state index contributed by atoms with van der Waals surface area (Å²) >= 11 is 0. The fourth-order valence-corrected chi connectivity index (χ4v) is 2.32. The quantitative estimate of drug-likeness (QED) is 0.883. The van der Waals surface area contributed by atoms with E-state index < -0.39 is 0 Å². The number of hydrogen-bond acceptors (Lipinski definition) is 3. The van der Waals surface area contributed by atoms with Gasteiger partial charge in [0.05, 0.1) is 0 Å². The van der Waals surface area contributed by atoms with Crippen LogP contribution in [0.5, 0.6) is 5.75 Å².